The Kier molecular flexibility index (Phi) is 5.12. The number of aryl methyl sites for hydroxylation is 2. The van der Waals surface area contributed by atoms with E-state index >= 15 is 0 Å². The van der Waals surface area contributed by atoms with Gasteiger partial charge in [0, 0.05) is 30.1 Å². The average Bonchev–Trinajstić information content (AvgIpc) is 3.54. The second-order valence-electron chi connectivity index (χ2n) is 7.37. The van der Waals surface area contributed by atoms with Crippen LogP contribution in [0.3, 0.4) is 0 Å². The first-order valence-electron chi connectivity index (χ1n) is 9.69. The Hall–Kier alpha value is -3.48. The van der Waals surface area contributed by atoms with Crippen LogP contribution < -0.4 is 16.2 Å². The van der Waals surface area contributed by atoms with Crippen molar-refractivity contribution in [2.45, 2.75) is 32.6 Å². The highest BCUT2D eigenvalue weighted by atomic mass is 16.2. The standard InChI is InChI=1S/C22H22N4O3/c1-13-6-9-15(23-21(28)14-7-8-14)12-18(13)25-20(27)11-10-19-24-17-5-3-2-4-16(17)22(29)26-19/h2-6,9,12,14H,7-8,10-11H2,1H3,(H,23,28)(H,25,27)(H,24,26,29). The smallest absolute Gasteiger partial charge is 0.258 e. The van der Waals surface area contributed by atoms with Crippen molar-refractivity contribution in [1.29, 1.82) is 0 Å². The molecule has 1 aromatic heterocycles. The largest absolute Gasteiger partial charge is 0.326 e. The molecule has 0 aliphatic heterocycles. The van der Waals surface area contributed by atoms with Gasteiger partial charge in [0.25, 0.3) is 5.56 Å². The zero-order valence-electron chi connectivity index (χ0n) is 16.1. The van der Waals surface area contributed by atoms with Crippen LogP contribution >= 0.6 is 0 Å². The Labute approximate surface area is 167 Å². The molecule has 0 bridgehead atoms. The number of hydrogen-bond donors (Lipinski definition) is 3. The molecule has 0 spiro atoms. The third kappa shape index (κ3) is 4.51. The zero-order chi connectivity index (χ0) is 20.4. The molecule has 148 valence electrons. The van der Waals surface area contributed by atoms with Crippen LogP contribution in [0.5, 0.6) is 0 Å². The van der Waals surface area contributed by atoms with Crippen LogP contribution in [0.25, 0.3) is 10.9 Å². The van der Waals surface area contributed by atoms with E-state index in [0.717, 1.165) is 18.4 Å². The molecule has 29 heavy (non-hydrogen) atoms. The number of aromatic amines is 1. The molecule has 1 aliphatic rings. The zero-order valence-corrected chi connectivity index (χ0v) is 16.1. The normalized spacial score (nSPS) is 13.3. The Bertz CT molecular complexity index is 1150. The third-order valence-corrected chi connectivity index (χ3v) is 4.98. The summed E-state index contributed by atoms with van der Waals surface area (Å²) in [6, 6.07) is 12.6. The maximum atomic E-state index is 12.4. The molecular weight excluding hydrogens is 368 g/mol. The number of anilines is 2. The van der Waals surface area contributed by atoms with Crippen LogP contribution in [0.15, 0.2) is 47.3 Å². The lowest BCUT2D eigenvalue weighted by atomic mass is 10.1. The van der Waals surface area contributed by atoms with E-state index in [0.29, 0.717) is 34.5 Å². The summed E-state index contributed by atoms with van der Waals surface area (Å²) in [6.07, 6.45) is 2.38. The highest BCUT2D eigenvalue weighted by Crippen LogP contribution is 2.30. The lowest BCUT2D eigenvalue weighted by Gasteiger charge is -2.11. The molecular formula is C22H22N4O3. The summed E-state index contributed by atoms with van der Waals surface area (Å²) < 4.78 is 0. The fourth-order valence-corrected chi connectivity index (χ4v) is 3.12. The first-order chi connectivity index (χ1) is 14.0. The number of nitrogens with one attached hydrogen (secondary N) is 3. The van der Waals surface area contributed by atoms with Crippen LogP contribution in [-0.4, -0.2) is 21.8 Å². The highest BCUT2D eigenvalue weighted by molar-refractivity contribution is 5.96. The fourth-order valence-electron chi connectivity index (χ4n) is 3.12. The van der Waals surface area contributed by atoms with Crippen LogP contribution in [-0.2, 0) is 16.0 Å². The number of rotatable bonds is 6. The van der Waals surface area contributed by atoms with E-state index in [1.165, 1.54) is 0 Å². The molecule has 2 amide bonds. The van der Waals surface area contributed by atoms with Crippen molar-refractivity contribution in [3.63, 3.8) is 0 Å². The van der Waals surface area contributed by atoms with Gasteiger partial charge in [0.2, 0.25) is 11.8 Å². The van der Waals surface area contributed by atoms with Gasteiger partial charge in [0.1, 0.15) is 5.82 Å². The molecule has 1 aliphatic carbocycles. The van der Waals surface area contributed by atoms with E-state index in [4.69, 9.17) is 0 Å². The fraction of sp³-hybridized carbons (Fsp3) is 0.273. The van der Waals surface area contributed by atoms with Crippen molar-refractivity contribution in [3.05, 3.63) is 64.2 Å². The number of benzene rings is 2. The number of carbonyl (C=O) groups is 2. The Balaban J connectivity index is 1.40. The molecule has 0 radical (unpaired) electrons. The predicted molar refractivity (Wildman–Crippen MR) is 112 cm³/mol. The average molecular weight is 390 g/mol. The number of carbonyl (C=O) groups excluding carboxylic acids is 2. The van der Waals surface area contributed by atoms with Crippen molar-refractivity contribution in [2.24, 2.45) is 5.92 Å². The number of hydrogen-bond acceptors (Lipinski definition) is 4. The van der Waals surface area contributed by atoms with Crippen molar-refractivity contribution in [2.75, 3.05) is 10.6 Å². The van der Waals surface area contributed by atoms with Crippen molar-refractivity contribution >= 4 is 34.1 Å². The minimum atomic E-state index is -0.207. The van der Waals surface area contributed by atoms with Gasteiger partial charge in [-0.2, -0.15) is 0 Å². The summed E-state index contributed by atoms with van der Waals surface area (Å²) in [4.78, 5) is 43.6. The van der Waals surface area contributed by atoms with E-state index < -0.39 is 0 Å². The first kappa shape index (κ1) is 18.9. The summed E-state index contributed by atoms with van der Waals surface area (Å²) in [5.74, 6) is 0.434. The molecule has 1 fully saturated rings. The van der Waals surface area contributed by atoms with E-state index in [1.54, 1.807) is 24.3 Å². The highest BCUT2D eigenvalue weighted by Gasteiger charge is 2.29. The third-order valence-electron chi connectivity index (χ3n) is 4.98. The minimum Gasteiger partial charge on any atom is -0.326 e. The Morgan fingerprint density at radius 3 is 2.72 bits per heavy atom. The van der Waals surface area contributed by atoms with Gasteiger partial charge in [-0.1, -0.05) is 18.2 Å². The molecule has 0 unspecified atom stereocenters. The summed E-state index contributed by atoms with van der Waals surface area (Å²) in [6.45, 7) is 1.89. The van der Waals surface area contributed by atoms with Crippen LogP contribution in [0.1, 0.15) is 30.7 Å². The lowest BCUT2D eigenvalue weighted by molar-refractivity contribution is -0.117. The maximum Gasteiger partial charge on any atom is 0.258 e. The van der Waals surface area contributed by atoms with Gasteiger partial charge in [-0.15, -0.1) is 0 Å². The summed E-state index contributed by atoms with van der Waals surface area (Å²) in [5, 5.41) is 6.30. The van der Waals surface area contributed by atoms with Crippen molar-refractivity contribution in [3.8, 4) is 0 Å². The molecule has 3 aromatic rings. The molecule has 3 N–H and O–H groups in total. The number of amides is 2. The van der Waals surface area contributed by atoms with Gasteiger partial charge in [0.05, 0.1) is 10.9 Å². The van der Waals surface area contributed by atoms with E-state index in [9.17, 15) is 14.4 Å². The van der Waals surface area contributed by atoms with Crippen LogP contribution in [0, 0.1) is 12.8 Å². The molecule has 1 heterocycles. The van der Waals surface area contributed by atoms with E-state index in [1.807, 2.05) is 25.1 Å². The monoisotopic (exact) mass is 390 g/mol. The lowest BCUT2D eigenvalue weighted by Crippen LogP contribution is -2.17. The SMILES string of the molecule is Cc1ccc(NC(=O)C2CC2)cc1NC(=O)CCc1nc2ccccc2c(=O)[nH]1. The van der Waals surface area contributed by atoms with Crippen LogP contribution in [0.2, 0.25) is 0 Å². The number of H-pyrrole nitrogens is 1. The summed E-state index contributed by atoms with van der Waals surface area (Å²) in [5.41, 5.74) is 2.63. The topological polar surface area (TPSA) is 104 Å². The number of nitrogens with zero attached hydrogens (tertiary/aromatic N) is 1. The predicted octanol–water partition coefficient (Wildman–Crippen LogP) is 3.15. The second-order valence-corrected chi connectivity index (χ2v) is 7.37. The van der Waals surface area contributed by atoms with Crippen LogP contribution in [0.4, 0.5) is 11.4 Å². The van der Waals surface area contributed by atoms with Crippen molar-refractivity contribution in [1.82, 2.24) is 9.97 Å². The van der Waals surface area contributed by atoms with Gasteiger partial charge < -0.3 is 15.6 Å². The van der Waals surface area contributed by atoms with Gasteiger partial charge in [0.15, 0.2) is 0 Å². The summed E-state index contributed by atoms with van der Waals surface area (Å²) in [7, 11) is 0. The summed E-state index contributed by atoms with van der Waals surface area (Å²) >= 11 is 0. The number of fused-ring (bicyclic) bond motifs is 1. The quantitative estimate of drug-likeness (QED) is 0.601. The molecule has 7 nitrogen and oxygen atoms in total. The number of para-hydroxylation sites is 1. The Morgan fingerprint density at radius 1 is 1.14 bits per heavy atom. The minimum absolute atomic E-state index is 0.0254. The van der Waals surface area contributed by atoms with Gasteiger partial charge in [-0.3, -0.25) is 14.4 Å². The van der Waals surface area contributed by atoms with E-state index in [-0.39, 0.29) is 29.7 Å². The molecule has 4 rings (SSSR count). The van der Waals surface area contributed by atoms with Crippen molar-refractivity contribution < 1.29 is 9.59 Å². The van der Waals surface area contributed by atoms with E-state index in [2.05, 4.69) is 20.6 Å². The van der Waals surface area contributed by atoms with Gasteiger partial charge in [-0.25, -0.2) is 4.98 Å². The molecule has 7 heteroatoms. The maximum absolute atomic E-state index is 12.4. The molecule has 0 saturated heterocycles. The second kappa shape index (κ2) is 7.87. The molecule has 1 saturated carbocycles. The first-order valence-corrected chi connectivity index (χ1v) is 9.69. The molecule has 2 aromatic carbocycles. The van der Waals surface area contributed by atoms with Gasteiger partial charge in [-0.05, 0) is 49.6 Å². The Morgan fingerprint density at radius 2 is 1.93 bits per heavy atom. The number of aromatic nitrogens is 2. The molecule has 0 atom stereocenters. The van der Waals surface area contributed by atoms with Gasteiger partial charge >= 0.3 is 0 Å².